The Kier molecular flexibility index (Phi) is 6.82. The molecule has 2 aromatic rings. The summed E-state index contributed by atoms with van der Waals surface area (Å²) < 4.78 is 7.33. The maximum atomic E-state index is 12.1. The molecule has 7 heteroatoms. The van der Waals surface area contributed by atoms with Gasteiger partial charge in [-0.05, 0) is 27.1 Å². The molecular weight excluding hydrogens is 318 g/mol. The summed E-state index contributed by atoms with van der Waals surface area (Å²) in [6, 6.07) is 7.57. The number of aryl methyl sites for hydroxylation is 1. The number of carbonyl (C=O) groups excluding carboxylic acids is 1. The number of nitrogens with zero attached hydrogens (tertiary/aromatic N) is 3. The number of rotatable bonds is 8. The summed E-state index contributed by atoms with van der Waals surface area (Å²) in [4.78, 5) is 14.2. The lowest BCUT2D eigenvalue weighted by Crippen LogP contribution is -2.40. The number of nitrogens with one attached hydrogen (secondary N) is 2. The maximum Gasteiger partial charge on any atom is 0.315 e. The number of aromatic nitrogens is 2. The smallest absolute Gasteiger partial charge is 0.315 e. The zero-order valence-electron chi connectivity index (χ0n) is 15.3. The molecular formula is C18H27N5O2. The number of carbonyl (C=O) groups is 1. The lowest BCUT2D eigenvalue weighted by Gasteiger charge is -2.23. The van der Waals surface area contributed by atoms with Gasteiger partial charge in [0, 0.05) is 37.5 Å². The fraction of sp³-hybridized carbons (Fsp3) is 0.444. The molecule has 7 nitrogen and oxygen atoms in total. The summed E-state index contributed by atoms with van der Waals surface area (Å²) in [6.45, 7) is 3.45. The van der Waals surface area contributed by atoms with Crippen LogP contribution in [0.5, 0.6) is 5.75 Å². The van der Waals surface area contributed by atoms with Gasteiger partial charge in [0.2, 0.25) is 0 Å². The van der Waals surface area contributed by atoms with Crippen LogP contribution in [0.3, 0.4) is 0 Å². The minimum atomic E-state index is -0.206. The first kappa shape index (κ1) is 18.8. The molecule has 0 saturated heterocycles. The zero-order chi connectivity index (χ0) is 18.2. The molecule has 2 N–H and O–H groups in total. The summed E-state index contributed by atoms with van der Waals surface area (Å²) in [5, 5.41) is 10.0. The lowest BCUT2D eigenvalue weighted by atomic mass is 10.1. The second-order valence-corrected chi connectivity index (χ2v) is 6.03. The molecule has 1 aromatic carbocycles. The summed E-state index contributed by atoms with van der Waals surface area (Å²) in [5.74, 6) is 0.798. The molecule has 0 radical (unpaired) electrons. The highest BCUT2D eigenvalue weighted by Crippen LogP contribution is 2.18. The van der Waals surface area contributed by atoms with Crippen molar-refractivity contribution in [1.82, 2.24) is 25.3 Å². The molecule has 2 rings (SSSR count). The van der Waals surface area contributed by atoms with Crippen molar-refractivity contribution in [2.24, 2.45) is 7.05 Å². The quantitative estimate of drug-likeness (QED) is 0.767. The SMILES string of the molecule is CCOc1ccccc1CNC(=O)NC[C@@H](c1cnn(C)c1)N(C)C. The van der Waals surface area contributed by atoms with E-state index in [1.807, 2.05) is 64.7 Å². The Morgan fingerprint density at radius 3 is 2.72 bits per heavy atom. The fourth-order valence-electron chi connectivity index (χ4n) is 2.58. The lowest BCUT2D eigenvalue weighted by molar-refractivity contribution is 0.232. The average molecular weight is 345 g/mol. The van der Waals surface area contributed by atoms with E-state index >= 15 is 0 Å². The summed E-state index contributed by atoms with van der Waals surface area (Å²) in [5.41, 5.74) is 2.02. The Bertz CT molecular complexity index is 684. The molecule has 0 aliphatic carbocycles. The normalized spacial score (nSPS) is 12.0. The minimum Gasteiger partial charge on any atom is -0.494 e. The number of hydrogen-bond donors (Lipinski definition) is 2. The summed E-state index contributed by atoms with van der Waals surface area (Å²) >= 11 is 0. The number of benzene rings is 1. The first-order chi connectivity index (χ1) is 12.0. The summed E-state index contributed by atoms with van der Waals surface area (Å²) in [7, 11) is 5.84. The third-order valence-corrected chi connectivity index (χ3v) is 3.90. The van der Waals surface area contributed by atoms with Crippen molar-refractivity contribution < 1.29 is 9.53 Å². The molecule has 0 aliphatic heterocycles. The van der Waals surface area contributed by atoms with Gasteiger partial charge in [-0.2, -0.15) is 5.10 Å². The van der Waals surface area contributed by atoms with Gasteiger partial charge >= 0.3 is 6.03 Å². The Balaban J connectivity index is 1.87. The van der Waals surface area contributed by atoms with Crippen molar-refractivity contribution in [3.05, 3.63) is 47.8 Å². The highest BCUT2D eigenvalue weighted by Gasteiger charge is 2.17. The van der Waals surface area contributed by atoms with E-state index in [4.69, 9.17) is 4.74 Å². The van der Waals surface area contributed by atoms with E-state index in [1.54, 1.807) is 4.68 Å². The van der Waals surface area contributed by atoms with Gasteiger partial charge in [-0.15, -0.1) is 0 Å². The number of amides is 2. The molecule has 2 amide bonds. The number of hydrogen-bond acceptors (Lipinski definition) is 4. The number of ether oxygens (including phenoxy) is 1. The minimum absolute atomic E-state index is 0.0650. The van der Waals surface area contributed by atoms with Gasteiger partial charge in [-0.1, -0.05) is 18.2 Å². The number of urea groups is 1. The van der Waals surface area contributed by atoms with E-state index in [1.165, 1.54) is 0 Å². The van der Waals surface area contributed by atoms with Crippen LogP contribution in [0.4, 0.5) is 4.79 Å². The first-order valence-corrected chi connectivity index (χ1v) is 8.38. The third kappa shape index (κ3) is 5.49. The molecule has 0 fully saturated rings. The van der Waals surface area contributed by atoms with Crippen LogP contribution in [-0.2, 0) is 13.6 Å². The van der Waals surface area contributed by atoms with Crippen molar-refractivity contribution in [3.8, 4) is 5.75 Å². The second-order valence-electron chi connectivity index (χ2n) is 6.03. The molecule has 0 saturated carbocycles. The predicted molar refractivity (Wildman–Crippen MR) is 97.5 cm³/mol. The first-order valence-electron chi connectivity index (χ1n) is 8.38. The molecule has 0 spiro atoms. The molecule has 1 aromatic heterocycles. The highest BCUT2D eigenvalue weighted by molar-refractivity contribution is 5.74. The molecule has 25 heavy (non-hydrogen) atoms. The average Bonchev–Trinajstić information content (AvgIpc) is 3.00. The van der Waals surface area contributed by atoms with Crippen LogP contribution in [-0.4, -0.2) is 48.0 Å². The van der Waals surface area contributed by atoms with Gasteiger partial charge in [0.15, 0.2) is 0 Å². The Labute approximate surface area is 149 Å². The van der Waals surface area contributed by atoms with E-state index in [0.29, 0.717) is 19.7 Å². The number of likely N-dealkylation sites (N-methyl/N-ethyl adjacent to an activating group) is 1. The standard InChI is InChI=1S/C18H27N5O2/c1-5-25-17-9-7-6-8-14(17)10-19-18(24)20-12-16(22(2)3)15-11-21-23(4)13-15/h6-9,11,13,16H,5,10,12H2,1-4H3,(H2,19,20,24)/t16-/m0/s1. The Hall–Kier alpha value is -2.54. The van der Waals surface area contributed by atoms with Gasteiger partial charge in [0.25, 0.3) is 0 Å². The largest absolute Gasteiger partial charge is 0.494 e. The van der Waals surface area contributed by atoms with Crippen molar-refractivity contribution in [1.29, 1.82) is 0 Å². The maximum absolute atomic E-state index is 12.1. The van der Waals surface area contributed by atoms with Gasteiger partial charge < -0.3 is 20.3 Å². The predicted octanol–water partition coefficient (Wildman–Crippen LogP) is 1.92. The second kappa shape index (κ2) is 9.08. The van der Waals surface area contributed by atoms with Crippen molar-refractivity contribution in [3.63, 3.8) is 0 Å². The van der Waals surface area contributed by atoms with Gasteiger partial charge in [-0.25, -0.2) is 4.79 Å². The highest BCUT2D eigenvalue weighted by atomic mass is 16.5. The van der Waals surface area contributed by atoms with E-state index in [-0.39, 0.29) is 12.1 Å². The molecule has 0 unspecified atom stereocenters. The van der Waals surface area contributed by atoms with E-state index in [9.17, 15) is 4.79 Å². The topological polar surface area (TPSA) is 71.4 Å². The van der Waals surface area contributed by atoms with Crippen molar-refractivity contribution >= 4 is 6.03 Å². The van der Waals surface area contributed by atoms with E-state index < -0.39 is 0 Å². The summed E-state index contributed by atoms with van der Waals surface area (Å²) in [6.07, 6.45) is 3.78. The van der Waals surface area contributed by atoms with Crippen LogP contribution >= 0.6 is 0 Å². The molecule has 0 aliphatic rings. The monoisotopic (exact) mass is 345 g/mol. The van der Waals surface area contributed by atoms with Crippen LogP contribution < -0.4 is 15.4 Å². The molecule has 0 bridgehead atoms. The molecule has 1 heterocycles. The Morgan fingerprint density at radius 2 is 2.08 bits per heavy atom. The zero-order valence-corrected chi connectivity index (χ0v) is 15.3. The van der Waals surface area contributed by atoms with E-state index in [2.05, 4.69) is 20.6 Å². The van der Waals surface area contributed by atoms with Crippen LogP contribution in [0.15, 0.2) is 36.7 Å². The number of para-hydroxylation sites is 1. The van der Waals surface area contributed by atoms with Crippen molar-refractivity contribution in [2.75, 3.05) is 27.2 Å². The van der Waals surface area contributed by atoms with Crippen LogP contribution in [0, 0.1) is 0 Å². The van der Waals surface area contributed by atoms with Crippen LogP contribution in [0.2, 0.25) is 0 Å². The van der Waals surface area contributed by atoms with Gasteiger partial charge in [-0.3, -0.25) is 4.68 Å². The molecule has 136 valence electrons. The van der Waals surface area contributed by atoms with Crippen LogP contribution in [0.1, 0.15) is 24.1 Å². The molecule has 1 atom stereocenters. The van der Waals surface area contributed by atoms with Crippen molar-refractivity contribution in [2.45, 2.75) is 19.5 Å². The van der Waals surface area contributed by atoms with E-state index in [0.717, 1.165) is 16.9 Å². The van der Waals surface area contributed by atoms with Crippen LogP contribution in [0.25, 0.3) is 0 Å². The third-order valence-electron chi connectivity index (χ3n) is 3.90. The fourth-order valence-corrected chi connectivity index (χ4v) is 2.58. The Morgan fingerprint density at radius 1 is 1.32 bits per heavy atom. The van der Waals surface area contributed by atoms with Gasteiger partial charge in [0.05, 0.1) is 18.8 Å². The van der Waals surface area contributed by atoms with Gasteiger partial charge in [0.1, 0.15) is 5.75 Å².